The van der Waals surface area contributed by atoms with E-state index in [4.69, 9.17) is 0 Å². The molecule has 1 aromatic carbocycles. The normalized spacial score (nSPS) is 26.5. The maximum atomic E-state index is 13.6. The molecular formula is C19H20F2N4O4. The number of amides is 4. The lowest BCUT2D eigenvalue weighted by Gasteiger charge is -2.30. The van der Waals surface area contributed by atoms with E-state index in [1.54, 1.807) is 12.1 Å². The highest BCUT2D eigenvalue weighted by Crippen LogP contribution is 2.30. The van der Waals surface area contributed by atoms with Gasteiger partial charge in [0.15, 0.2) is 0 Å². The van der Waals surface area contributed by atoms with Crippen molar-refractivity contribution in [2.24, 2.45) is 0 Å². The molecule has 2 fully saturated rings. The summed E-state index contributed by atoms with van der Waals surface area (Å²) in [4.78, 5) is 50.2. The van der Waals surface area contributed by atoms with E-state index < -0.39 is 41.6 Å². The Kier molecular flexibility index (Phi) is 4.91. The zero-order valence-electron chi connectivity index (χ0n) is 15.5. The molecule has 0 aromatic heterocycles. The van der Waals surface area contributed by atoms with Gasteiger partial charge in [0.25, 0.3) is 17.7 Å². The first-order valence-corrected chi connectivity index (χ1v) is 9.42. The summed E-state index contributed by atoms with van der Waals surface area (Å²) in [6.07, 6.45) is -0.196. The van der Waals surface area contributed by atoms with Gasteiger partial charge in [-0.1, -0.05) is 12.1 Å². The van der Waals surface area contributed by atoms with Crippen LogP contribution in [0.1, 0.15) is 45.5 Å². The van der Waals surface area contributed by atoms with Crippen LogP contribution in [0.4, 0.5) is 8.78 Å². The Morgan fingerprint density at radius 3 is 2.69 bits per heavy atom. The lowest BCUT2D eigenvalue weighted by atomic mass is 10.0. The molecule has 2 atom stereocenters. The molecule has 1 aromatic rings. The van der Waals surface area contributed by atoms with E-state index in [0.717, 1.165) is 4.90 Å². The molecule has 0 saturated carbocycles. The first-order chi connectivity index (χ1) is 13.8. The Hall–Kier alpha value is -2.72. The number of carbonyl (C=O) groups excluding carboxylic acids is 4. The molecular weight excluding hydrogens is 386 g/mol. The van der Waals surface area contributed by atoms with Crippen LogP contribution in [0.5, 0.6) is 0 Å². The molecule has 154 valence electrons. The summed E-state index contributed by atoms with van der Waals surface area (Å²) < 4.78 is 27.1. The fourth-order valence-electron chi connectivity index (χ4n) is 4.06. The van der Waals surface area contributed by atoms with E-state index in [1.807, 2.05) is 0 Å². The number of hydrogen-bond donors (Lipinski definition) is 3. The van der Waals surface area contributed by atoms with Crippen LogP contribution >= 0.6 is 0 Å². The molecule has 8 nitrogen and oxygen atoms in total. The lowest BCUT2D eigenvalue weighted by Crippen LogP contribution is -2.54. The van der Waals surface area contributed by atoms with Crippen LogP contribution in [0.2, 0.25) is 0 Å². The van der Waals surface area contributed by atoms with Crippen molar-refractivity contribution in [1.29, 1.82) is 0 Å². The average Bonchev–Trinajstić information content (AvgIpc) is 2.91. The Balaban J connectivity index is 1.53. The highest BCUT2D eigenvalue weighted by Gasteiger charge is 2.45. The highest BCUT2D eigenvalue weighted by molar-refractivity contribution is 6.24. The minimum absolute atomic E-state index is 0.0428. The summed E-state index contributed by atoms with van der Waals surface area (Å²) in [7, 11) is 0. The van der Waals surface area contributed by atoms with Gasteiger partial charge < -0.3 is 10.6 Å². The summed E-state index contributed by atoms with van der Waals surface area (Å²) in [6, 6.07) is 3.25. The number of carbonyl (C=O) groups is 4. The van der Waals surface area contributed by atoms with Crippen molar-refractivity contribution < 1.29 is 28.0 Å². The molecule has 29 heavy (non-hydrogen) atoms. The van der Waals surface area contributed by atoms with Crippen molar-refractivity contribution in [2.45, 2.75) is 43.8 Å². The lowest BCUT2D eigenvalue weighted by molar-refractivity contribution is -0.136. The van der Waals surface area contributed by atoms with E-state index in [1.165, 1.54) is 6.07 Å². The third-order valence-electron chi connectivity index (χ3n) is 5.46. The second-order valence-electron chi connectivity index (χ2n) is 7.56. The van der Waals surface area contributed by atoms with E-state index >= 15 is 0 Å². The van der Waals surface area contributed by atoms with Gasteiger partial charge in [-0.15, -0.1) is 0 Å². The quantitative estimate of drug-likeness (QED) is 0.616. The van der Waals surface area contributed by atoms with Crippen LogP contribution in [-0.2, 0) is 16.1 Å². The maximum Gasteiger partial charge on any atom is 0.262 e. The fourth-order valence-corrected chi connectivity index (χ4v) is 4.06. The number of alkyl halides is 2. The van der Waals surface area contributed by atoms with Crippen molar-refractivity contribution in [3.63, 3.8) is 0 Å². The first-order valence-electron chi connectivity index (χ1n) is 9.42. The Labute approximate surface area is 165 Å². The Morgan fingerprint density at radius 2 is 1.97 bits per heavy atom. The zero-order chi connectivity index (χ0) is 20.8. The average molecular weight is 406 g/mol. The molecule has 3 aliphatic rings. The SMILES string of the molecule is O=C1CCC(N2C(=O)c3cccc(CNC4CNCC(F)(F)C4)c3C2=O)C(=O)N1. The molecule has 0 radical (unpaired) electrons. The number of piperidine rings is 2. The molecule has 3 aliphatic heterocycles. The molecule has 2 saturated heterocycles. The number of benzene rings is 1. The molecule has 2 unspecified atom stereocenters. The predicted molar refractivity (Wildman–Crippen MR) is 96.2 cm³/mol. The number of hydrogen-bond acceptors (Lipinski definition) is 6. The topological polar surface area (TPSA) is 108 Å². The van der Waals surface area contributed by atoms with Crippen molar-refractivity contribution in [3.05, 3.63) is 34.9 Å². The van der Waals surface area contributed by atoms with Crippen LogP contribution in [0, 0.1) is 0 Å². The highest BCUT2D eigenvalue weighted by atomic mass is 19.3. The van der Waals surface area contributed by atoms with Gasteiger partial charge in [-0.05, 0) is 18.1 Å². The van der Waals surface area contributed by atoms with Gasteiger partial charge in [-0.25, -0.2) is 8.78 Å². The number of nitrogens with one attached hydrogen (secondary N) is 3. The summed E-state index contributed by atoms with van der Waals surface area (Å²) >= 11 is 0. The minimum atomic E-state index is -2.80. The van der Waals surface area contributed by atoms with Crippen molar-refractivity contribution in [2.75, 3.05) is 13.1 Å². The van der Waals surface area contributed by atoms with Gasteiger partial charge in [0.2, 0.25) is 11.8 Å². The molecule has 4 amide bonds. The minimum Gasteiger partial charge on any atom is -0.310 e. The van der Waals surface area contributed by atoms with Gasteiger partial charge in [-0.2, -0.15) is 0 Å². The zero-order valence-corrected chi connectivity index (χ0v) is 15.5. The predicted octanol–water partition coefficient (Wildman–Crippen LogP) is 0.175. The summed E-state index contributed by atoms with van der Waals surface area (Å²) in [5.74, 6) is -5.11. The van der Waals surface area contributed by atoms with Crippen LogP contribution in [0.15, 0.2) is 18.2 Å². The summed E-state index contributed by atoms with van der Waals surface area (Å²) in [5, 5.41) is 7.84. The molecule has 3 heterocycles. The summed E-state index contributed by atoms with van der Waals surface area (Å²) in [6.45, 7) is 0.146. The van der Waals surface area contributed by atoms with Crippen LogP contribution < -0.4 is 16.0 Å². The third-order valence-corrected chi connectivity index (χ3v) is 5.46. The van der Waals surface area contributed by atoms with Gasteiger partial charge in [-0.3, -0.25) is 29.4 Å². The van der Waals surface area contributed by atoms with E-state index in [-0.39, 0.29) is 43.5 Å². The van der Waals surface area contributed by atoms with Crippen LogP contribution in [0.3, 0.4) is 0 Å². The first kappa shape index (κ1) is 19.6. The number of rotatable bonds is 4. The molecule has 10 heteroatoms. The number of halogens is 2. The van der Waals surface area contributed by atoms with Gasteiger partial charge in [0.05, 0.1) is 17.7 Å². The van der Waals surface area contributed by atoms with Gasteiger partial charge >= 0.3 is 0 Å². The Morgan fingerprint density at radius 1 is 1.17 bits per heavy atom. The smallest absolute Gasteiger partial charge is 0.262 e. The second kappa shape index (κ2) is 7.27. The third kappa shape index (κ3) is 3.65. The van der Waals surface area contributed by atoms with Crippen LogP contribution in [-0.4, -0.2) is 59.6 Å². The van der Waals surface area contributed by atoms with E-state index in [0.29, 0.717) is 12.1 Å². The maximum absolute atomic E-state index is 13.6. The van der Waals surface area contributed by atoms with Crippen molar-refractivity contribution in [1.82, 2.24) is 20.9 Å². The fraction of sp³-hybridized carbons (Fsp3) is 0.474. The van der Waals surface area contributed by atoms with Crippen molar-refractivity contribution >= 4 is 23.6 Å². The monoisotopic (exact) mass is 406 g/mol. The van der Waals surface area contributed by atoms with Crippen LogP contribution in [0.25, 0.3) is 0 Å². The largest absolute Gasteiger partial charge is 0.310 e. The number of nitrogens with zero attached hydrogens (tertiary/aromatic N) is 1. The van der Waals surface area contributed by atoms with Gasteiger partial charge in [0, 0.05) is 32.0 Å². The van der Waals surface area contributed by atoms with E-state index in [9.17, 15) is 28.0 Å². The standard InChI is InChI=1S/C19H20F2N4O4/c20-19(21)6-11(8-22-9-19)23-7-10-2-1-3-12-15(10)18(29)25(17(12)28)13-4-5-14(26)24-16(13)27/h1-3,11,13,22-23H,4-9H2,(H,24,26,27). The molecule has 4 rings (SSSR count). The molecule has 0 bridgehead atoms. The molecule has 0 spiro atoms. The number of imide groups is 2. The molecule has 3 N–H and O–H groups in total. The van der Waals surface area contributed by atoms with Crippen molar-refractivity contribution in [3.8, 4) is 0 Å². The van der Waals surface area contributed by atoms with Gasteiger partial charge in [0.1, 0.15) is 6.04 Å². The second-order valence-corrected chi connectivity index (χ2v) is 7.56. The summed E-state index contributed by atoms with van der Waals surface area (Å²) in [5.41, 5.74) is 0.848. The Bertz CT molecular complexity index is 904. The van der Waals surface area contributed by atoms with E-state index in [2.05, 4.69) is 16.0 Å². The molecule has 0 aliphatic carbocycles. The number of fused-ring (bicyclic) bond motifs is 1.